The van der Waals surface area contributed by atoms with Crippen LogP contribution >= 0.6 is 0 Å². The SMILES string of the molecule is CC(=O)c1cccc(NC(=O)[C@@H]2CC(=O)N(c3ccc4c(c3)CCN4C(C)=O)C2)c1. The van der Waals surface area contributed by atoms with Gasteiger partial charge in [-0.15, -0.1) is 0 Å². The van der Waals surface area contributed by atoms with Gasteiger partial charge in [-0.3, -0.25) is 19.2 Å². The van der Waals surface area contributed by atoms with Crippen LogP contribution in [0.15, 0.2) is 42.5 Å². The highest BCUT2D eigenvalue weighted by atomic mass is 16.2. The van der Waals surface area contributed by atoms with E-state index in [1.807, 2.05) is 18.2 Å². The molecule has 2 aliphatic heterocycles. The summed E-state index contributed by atoms with van der Waals surface area (Å²) in [4.78, 5) is 51.9. The Hall–Kier alpha value is -3.48. The van der Waals surface area contributed by atoms with Gasteiger partial charge in [-0.2, -0.15) is 0 Å². The van der Waals surface area contributed by atoms with Crippen molar-refractivity contribution in [3.63, 3.8) is 0 Å². The van der Waals surface area contributed by atoms with Crippen molar-refractivity contribution in [1.29, 1.82) is 0 Å². The number of fused-ring (bicyclic) bond motifs is 1. The maximum atomic E-state index is 12.7. The highest BCUT2D eigenvalue weighted by molar-refractivity contribution is 6.04. The van der Waals surface area contributed by atoms with Crippen LogP contribution in [0.1, 0.15) is 36.2 Å². The zero-order valence-electron chi connectivity index (χ0n) is 17.0. The Morgan fingerprint density at radius 3 is 2.60 bits per heavy atom. The molecule has 1 atom stereocenters. The first kappa shape index (κ1) is 19.8. The van der Waals surface area contributed by atoms with E-state index in [2.05, 4.69) is 5.32 Å². The van der Waals surface area contributed by atoms with Crippen molar-refractivity contribution >= 4 is 40.6 Å². The molecular formula is C23H23N3O4. The quantitative estimate of drug-likeness (QED) is 0.793. The summed E-state index contributed by atoms with van der Waals surface area (Å²) in [5, 5.41) is 2.82. The van der Waals surface area contributed by atoms with Crippen LogP contribution < -0.4 is 15.1 Å². The molecule has 4 rings (SSSR count). The lowest BCUT2D eigenvalue weighted by Gasteiger charge is -2.19. The number of rotatable bonds is 4. The number of ketones is 1. The van der Waals surface area contributed by atoms with Crippen molar-refractivity contribution in [3.05, 3.63) is 53.6 Å². The second kappa shape index (κ2) is 7.74. The zero-order chi connectivity index (χ0) is 21.4. The third-order valence-electron chi connectivity index (χ3n) is 5.68. The summed E-state index contributed by atoms with van der Waals surface area (Å²) in [7, 11) is 0. The molecule has 7 nitrogen and oxygen atoms in total. The van der Waals surface area contributed by atoms with E-state index >= 15 is 0 Å². The summed E-state index contributed by atoms with van der Waals surface area (Å²) < 4.78 is 0. The van der Waals surface area contributed by atoms with Crippen molar-refractivity contribution < 1.29 is 19.2 Å². The number of carbonyl (C=O) groups is 4. The average molecular weight is 405 g/mol. The minimum atomic E-state index is -0.472. The van der Waals surface area contributed by atoms with Crippen LogP contribution in [0.4, 0.5) is 17.1 Å². The second-order valence-electron chi connectivity index (χ2n) is 7.77. The Bertz CT molecular complexity index is 1060. The van der Waals surface area contributed by atoms with Crippen molar-refractivity contribution in [1.82, 2.24) is 0 Å². The van der Waals surface area contributed by atoms with Gasteiger partial charge < -0.3 is 15.1 Å². The molecule has 30 heavy (non-hydrogen) atoms. The molecule has 0 radical (unpaired) electrons. The van der Waals surface area contributed by atoms with Gasteiger partial charge in [-0.05, 0) is 49.2 Å². The first-order chi connectivity index (χ1) is 14.3. The van der Waals surface area contributed by atoms with Gasteiger partial charge in [0.1, 0.15) is 0 Å². The Morgan fingerprint density at radius 2 is 1.87 bits per heavy atom. The second-order valence-corrected chi connectivity index (χ2v) is 7.77. The Balaban J connectivity index is 1.47. The van der Waals surface area contributed by atoms with Crippen molar-refractivity contribution in [2.24, 2.45) is 5.92 Å². The number of amides is 3. The maximum Gasteiger partial charge on any atom is 0.229 e. The fourth-order valence-electron chi connectivity index (χ4n) is 4.08. The lowest BCUT2D eigenvalue weighted by molar-refractivity contribution is -0.122. The summed E-state index contributed by atoms with van der Waals surface area (Å²) in [6, 6.07) is 12.4. The number of anilines is 3. The molecule has 0 unspecified atom stereocenters. The summed E-state index contributed by atoms with van der Waals surface area (Å²) in [5.41, 5.74) is 3.73. The molecule has 2 aromatic rings. The van der Waals surface area contributed by atoms with E-state index in [1.165, 1.54) is 6.92 Å². The fourth-order valence-corrected chi connectivity index (χ4v) is 4.08. The van der Waals surface area contributed by atoms with Crippen LogP contribution in [-0.4, -0.2) is 36.6 Å². The molecule has 0 saturated carbocycles. The van der Waals surface area contributed by atoms with Crippen LogP contribution in [0.25, 0.3) is 0 Å². The summed E-state index contributed by atoms with van der Waals surface area (Å²) >= 11 is 0. The van der Waals surface area contributed by atoms with Crippen molar-refractivity contribution in [2.75, 3.05) is 28.2 Å². The first-order valence-corrected chi connectivity index (χ1v) is 9.97. The molecule has 0 aromatic heterocycles. The summed E-state index contributed by atoms with van der Waals surface area (Å²) in [6.45, 7) is 3.96. The van der Waals surface area contributed by atoms with Gasteiger partial charge in [0.25, 0.3) is 0 Å². The number of carbonyl (C=O) groups excluding carboxylic acids is 4. The molecule has 154 valence electrons. The minimum absolute atomic E-state index is 0.00401. The number of hydrogen-bond acceptors (Lipinski definition) is 4. The van der Waals surface area contributed by atoms with Crippen LogP contribution in [0.2, 0.25) is 0 Å². The molecule has 0 spiro atoms. The van der Waals surface area contributed by atoms with E-state index in [-0.39, 0.29) is 29.9 Å². The van der Waals surface area contributed by atoms with E-state index in [4.69, 9.17) is 0 Å². The third-order valence-corrected chi connectivity index (χ3v) is 5.68. The van der Waals surface area contributed by atoms with Crippen LogP contribution in [-0.2, 0) is 20.8 Å². The average Bonchev–Trinajstić information content (AvgIpc) is 3.31. The molecule has 2 heterocycles. The predicted octanol–water partition coefficient (Wildman–Crippen LogP) is 2.79. The molecule has 1 fully saturated rings. The molecule has 2 aliphatic rings. The van der Waals surface area contributed by atoms with Gasteiger partial charge in [0.2, 0.25) is 17.7 Å². The molecule has 1 saturated heterocycles. The number of hydrogen-bond donors (Lipinski definition) is 1. The minimum Gasteiger partial charge on any atom is -0.326 e. The van der Waals surface area contributed by atoms with Gasteiger partial charge in [0, 0.05) is 49.1 Å². The van der Waals surface area contributed by atoms with Gasteiger partial charge in [-0.25, -0.2) is 0 Å². The maximum absolute atomic E-state index is 12.7. The van der Waals surface area contributed by atoms with E-state index < -0.39 is 5.92 Å². The highest BCUT2D eigenvalue weighted by Gasteiger charge is 2.36. The molecule has 0 bridgehead atoms. The summed E-state index contributed by atoms with van der Waals surface area (Å²) in [6.07, 6.45) is 0.885. The molecule has 7 heteroatoms. The van der Waals surface area contributed by atoms with Crippen molar-refractivity contribution in [3.8, 4) is 0 Å². The van der Waals surface area contributed by atoms with E-state index in [0.717, 1.165) is 23.4 Å². The fraction of sp³-hybridized carbons (Fsp3) is 0.304. The number of benzene rings is 2. The van der Waals surface area contributed by atoms with Gasteiger partial charge in [0.15, 0.2) is 5.78 Å². The Labute approximate surface area is 174 Å². The van der Waals surface area contributed by atoms with E-state index in [1.54, 1.807) is 41.0 Å². The van der Waals surface area contributed by atoms with Gasteiger partial charge in [-0.1, -0.05) is 12.1 Å². The van der Waals surface area contributed by atoms with Crippen LogP contribution in [0.5, 0.6) is 0 Å². The summed E-state index contributed by atoms with van der Waals surface area (Å²) in [5.74, 6) is -0.887. The highest BCUT2D eigenvalue weighted by Crippen LogP contribution is 2.34. The lowest BCUT2D eigenvalue weighted by Crippen LogP contribution is -2.28. The van der Waals surface area contributed by atoms with Gasteiger partial charge >= 0.3 is 0 Å². The number of nitrogens with one attached hydrogen (secondary N) is 1. The van der Waals surface area contributed by atoms with Crippen LogP contribution in [0, 0.1) is 5.92 Å². The van der Waals surface area contributed by atoms with E-state index in [0.29, 0.717) is 24.3 Å². The largest absolute Gasteiger partial charge is 0.326 e. The number of nitrogens with zero attached hydrogens (tertiary/aromatic N) is 2. The first-order valence-electron chi connectivity index (χ1n) is 9.97. The Morgan fingerprint density at radius 1 is 1.07 bits per heavy atom. The molecular weight excluding hydrogens is 382 g/mol. The van der Waals surface area contributed by atoms with Crippen molar-refractivity contribution in [2.45, 2.75) is 26.7 Å². The molecule has 2 aromatic carbocycles. The normalized spacial score (nSPS) is 17.8. The third kappa shape index (κ3) is 3.70. The predicted molar refractivity (Wildman–Crippen MR) is 114 cm³/mol. The topological polar surface area (TPSA) is 86.8 Å². The smallest absolute Gasteiger partial charge is 0.229 e. The van der Waals surface area contributed by atoms with E-state index in [9.17, 15) is 19.2 Å². The lowest BCUT2D eigenvalue weighted by atomic mass is 10.1. The monoisotopic (exact) mass is 405 g/mol. The standard InChI is InChI=1S/C23H23N3O4/c1-14(27)16-4-3-5-19(10-16)24-23(30)18-12-22(29)26(13-18)20-6-7-21-17(11-20)8-9-25(21)15(2)28/h3-7,10-11,18H,8-9,12-13H2,1-2H3,(H,24,30)/t18-/m1/s1. The number of Topliss-reactive ketones (excluding diaryl/α,β-unsaturated/α-hetero) is 1. The zero-order valence-corrected chi connectivity index (χ0v) is 17.0. The molecule has 1 N–H and O–H groups in total. The van der Waals surface area contributed by atoms with Gasteiger partial charge in [0.05, 0.1) is 5.92 Å². The van der Waals surface area contributed by atoms with Crippen LogP contribution in [0.3, 0.4) is 0 Å². The molecule has 3 amide bonds. The Kier molecular flexibility index (Phi) is 5.11. The molecule has 0 aliphatic carbocycles.